The lowest BCUT2D eigenvalue weighted by Gasteiger charge is -2.32. The molecule has 3 rings (SSSR count). The van der Waals surface area contributed by atoms with Crippen LogP contribution in [-0.4, -0.2) is 53.6 Å². The zero-order valence-electron chi connectivity index (χ0n) is 19.4. The second-order valence-corrected chi connectivity index (χ2v) is 8.84. The Morgan fingerprint density at radius 3 is 2.42 bits per heavy atom. The van der Waals surface area contributed by atoms with E-state index in [9.17, 15) is 14.4 Å². The molecule has 0 spiro atoms. The third kappa shape index (κ3) is 6.68. The lowest BCUT2D eigenvalue weighted by atomic mass is 9.96. The molecule has 3 amide bonds. The largest absolute Gasteiger partial charge is 0.494 e. The lowest BCUT2D eigenvalue weighted by Crippen LogP contribution is -2.43. The van der Waals surface area contributed by atoms with Crippen molar-refractivity contribution >= 4 is 29.3 Å². The lowest BCUT2D eigenvalue weighted by molar-refractivity contribution is -0.121. The number of hydrogen-bond acceptors (Lipinski definition) is 6. The molecule has 9 nitrogen and oxygen atoms in total. The van der Waals surface area contributed by atoms with Gasteiger partial charge in [0.05, 0.1) is 18.4 Å². The van der Waals surface area contributed by atoms with Crippen LogP contribution < -0.4 is 15.4 Å². The first-order chi connectivity index (χ1) is 15.7. The number of amides is 3. The van der Waals surface area contributed by atoms with Crippen molar-refractivity contribution in [1.29, 1.82) is 0 Å². The maximum Gasteiger partial charge on any atom is 0.410 e. The summed E-state index contributed by atoms with van der Waals surface area (Å²) >= 11 is 0. The number of nitrogens with one attached hydrogen (secondary N) is 2. The van der Waals surface area contributed by atoms with Crippen LogP contribution >= 0.6 is 0 Å². The minimum atomic E-state index is -0.548. The highest BCUT2D eigenvalue weighted by atomic mass is 16.6. The molecule has 1 aromatic carbocycles. The Kier molecular flexibility index (Phi) is 7.52. The molecular formula is C24H30N4O5. The molecule has 0 saturated carbocycles. The standard InChI is InChI=1S/C24H30N4O5/c1-24(2,3)33-23(31)28-12-9-16(10-13-28)21(29)26-18-7-8-19(20(14-18)32-4)27-22(30)17-6-5-11-25-15-17/h5-8,11,14-16H,9-10,12-13H2,1-4H3,(H,26,29)(H,27,30). The highest BCUT2D eigenvalue weighted by molar-refractivity contribution is 6.05. The number of ether oxygens (including phenoxy) is 2. The first-order valence-corrected chi connectivity index (χ1v) is 10.8. The van der Waals surface area contributed by atoms with Gasteiger partial charge in [0.25, 0.3) is 5.91 Å². The molecule has 1 aromatic heterocycles. The normalized spacial score (nSPS) is 14.4. The molecule has 0 radical (unpaired) electrons. The predicted octanol–water partition coefficient (Wildman–Crippen LogP) is 3.93. The third-order valence-corrected chi connectivity index (χ3v) is 5.16. The Morgan fingerprint density at radius 1 is 1.09 bits per heavy atom. The summed E-state index contributed by atoms with van der Waals surface area (Å²) in [6.07, 6.45) is 3.83. The van der Waals surface area contributed by atoms with Gasteiger partial charge < -0.3 is 25.0 Å². The number of benzene rings is 1. The second-order valence-electron chi connectivity index (χ2n) is 8.84. The third-order valence-electron chi connectivity index (χ3n) is 5.16. The Morgan fingerprint density at radius 2 is 1.82 bits per heavy atom. The highest BCUT2D eigenvalue weighted by Gasteiger charge is 2.30. The molecule has 33 heavy (non-hydrogen) atoms. The summed E-state index contributed by atoms with van der Waals surface area (Å²) in [6.45, 7) is 6.42. The average Bonchev–Trinajstić information content (AvgIpc) is 2.79. The molecular weight excluding hydrogens is 424 g/mol. The average molecular weight is 455 g/mol. The van der Waals surface area contributed by atoms with E-state index in [1.54, 1.807) is 41.4 Å². The number of pyridine rings is 1. The summed E-state index contributed by atoms with van der Waals surface area (Å²) in [4.78, 5) is 42.9. The van der Waals surface area contributed by atoms with Crippen molar-refractivity contribution in [3.05, 3.63) is 48.3 Å². The van der Waals surface area contributed by atoms with Crippen molar-refractivity contribution in [1.82, 2.24) is 9.88 Å². The van der Waals surface area contributed by atoms with Crippen molar-refractivity contribution in [3.8, 4) is 5.75 Å². The van der Waals surface area contributed by atoms with Crippen molar-refractivity contribution in [3.63, 3.8) is 0 Å². The molecule has 2 N–H and O–H groups in total. The zero-order chi connectivity index (χ0) is 24.0. The minimum absolute atomic E-state index is 0.118. The first-order valence-electron chi connectivity index (χ1n) is 10.8. The predicted molar refractivity (Wildman–Crippen MR) is 124 cm³/mol. The molecule has 2 aromatic rings. The van der Waals surface area contributed by atoms with Gasteiger partial charge in [0.2, 0.25) is 5.91 Å². The van der Waals surface area contributed by atoms with Crippen molar-refractivity contribution in [2.45, 2.75) is 39.2 Å². The maximum absolute atomic E-state index is 12.8. The fourth-order valence-electron chi connectivity index (χ4n) is 3.46. The van der Waals surface area contributed by atoms with Crippen molar-refractivity contribution in [2.24, 2.45) is 5.92 Å². The summed E-state index contributed by atoms with van der Waals surface area (Å²) < 4.78 is 10.8. The Balaban J connectivity index is 1.57. The smallest absolute Gasteiger partial charge is 0.410 e. The number of anilines is 2. The number of rotatable bonds is 5. The fourth-order valence-corrected chi connectivity index (χ4v) is 3.46. The minimum Gasteiger partial charge on any atom is -0.494 e. The highest BCUT2D eigenvalue weighted by Crippen LogP contribution is 2.29. The molecule has 1 aliphatic rings. The van der Waals surface area contributed by atoms with Crippen LogP contribution in [0.15, 0.2) is 42.7 Å². The fraction of sp³-hybridized carbons (Fsp3) is 0.417. The van der Waals surface area contributed by atoms with Gasteiger partial charge in [0, 0.05) is 43.2 Å². The van der Waals surface area contributed by atoms with Gasteiger partial charge in [-0.15, -0.1) is 0 Å². The van der Waals surface area contributed by atoms with Crippen LogP contribution in [0.3, 0.4) is 0 Å². The van der Waals surface area contributed by atoms with E-state index in [0.717, 1.165) is 0 Å². The van der Waals surface area contributed by atoms with Gasteiger partial charge in [0.1, 0.15) is 11.4 Å². The van der Waals surface area contributed by atoms with E-state index in [1.165, 1.54) is 13.3 Å². The second kappa shape index (κ2) is 10.3. The van der Waals surface area contributed by atoms with E-state index in [2.05, 4.69) is 15.6 Å². The number of carbonyl (C=O) groups is 3. The number of likely N-dealkylation sites (tertiary alicyclic amines) is 1. The Labute approximate surface area is 193 Å². The van der Waals surface area contributed by atoms with Gasteiger partial charge in [-0.05, 0) is 57.9 Å². The molecule has 1 saturated heterocycles. The van der Waals surface area contributed by atoms with Gasteiger partial charge in [-0.1, -0.05) is 0 Å². The van der Waals surface area contributed by atoms with Crippen LogP contribution in [-0.2, 0) is 9.53 Å². The quantitative estimate of drug-likeness (QED) is 0.708. The van der Waals surface area contributed by atoms with Gasteiger partial charge in [-0.2, -0.15) is 0 Å². The summed E-state index contributed by atoms with van der Waals surface area (Å²) in [5, 5.41) is 5.69. The number of carbonyl (C=O) groups excluding carboxylic acids is 3. The van der Waals surface area contributed by atoms with E-state index >= 15 is 0 Å². The molecule has 0 aliphatic carbocycles. The number of hydrogen-bond donors (Lipinski definition) is 2. The maximum atomic E-state index is 12.8. The number of nitrogens with zero attached hydrogens (tertiary/aromatic N) is 2. The molecule has 0 unspecified atom stereocenters. The number of piperidine rings is 1. The van der Waals surface area contributed by atoms with Gasteiger partial charge >= 0.3 is 6.09 Å². The monoisotopic (exact) mass is 454 g/mol. The van der Waals surface area contributed by atoms with Gasteiger partial charge in [-0.25, -0.2) is 4.79 Å². The van der Waals surface area contributed by atoms with Crippen LogP contribution in [0, 0.1) is 5.92 Å². The van der Waals surface area contributed by atoms with Gasteiger partial charge in [0.15, 0.2) is 0 Å². The molecule has 2 heterocycles. The molecule has 1 aliphatic heterocycles. The molecule has 176 valence electrons. The topological polar surface area (TPSA) is 110 Å². The molecule has 0 bridgehead atoms. The number of aromatic nitrogens is 1. The van der Waals surface area contributed by atoms with E-state index in [4.69, 9.17) is 9.47 Å². The SMILES string of the molecule is COc1cc(NC(=O)C2CCN(C(=O)OC(C)(C)C)CC2)ccc1NC(=O)c1cccnc1. The number of methoxy groups -OCH3 is 1. The van der Waals surface area contributed by atoms with E-state index in [-0.39, 0.29) is 23.8 Å². The Hall–Kier alpha value is -3.62. The zero-order valence-corrected chi connectivity index (χ0v) is 19.4. The van der Waals surface area contributed by atoms with E-state index < -0.39 is 5.60 Å². The van der Waals surface area contributed by atoms with E-state index in [0.29, 0.717) is 48.6 Å². The summed E-state index contributed by atoms with van der Waals surface area (Å²) in [5.41, 5.74) is 0.920. The first kappa shape index (κ1) is 24.0. The molecule has 0 atom stereocenters. The van der Waals surface area contributed by atoms with Crippen LogP contribution in [0.4, 0.5) is 16.2 Å². The van der Waals surface area contributed by atoms with Crippen molar-refractivity contribution < 1.29 is 23.9 Å². The van der Waals surface area contributed by atoms with E-state index in [1.807, 2.05) is 20.8 Å². The Bertz CT molecular complexity index is 996. The van der Waals surface area contributed by atoms with Crippen molar-refractivity contribution in [2.75, 3.05) is 30.8 Å². The van der Waals surface area contributed by atoms with Crippen LogP contribution in [0.1, 0.15) is 44.0 Å². The summed E-state index contributed by atoms with van der Waals surface area (Å²) in [6, 6.07) is 8.38. The van der Waals surface area contributed by atoms with Crippen LogP contribution in [0.5, 0.6) is 5.75 Å². The van der Waals surface area contributed by atoms with Crippen LogP contribution in [0.25, 0.3) is 0 Å². The summed E-state index contributed by atoms with van der Waals surface area (Å²) in [5.74, 6) is -0.215. The summed E-state index contributed by atoms with van der Waals surface area (Å²) in [7, 11) is 1.49. The van der Waals surface area contributed by atoms with Crippen LogP contribution in [0.2, 0.25) is 0 Å². The molecule has 1 fully saturated rings. The molecule has 9 heteroatoms. The van der Waals surface area contributed by atoms with Gasteiger partial charge in [-0.3, -0.25) is 14.6 Å².